The van der Waals surface area contributed by atoms with E-state index in [2.05, 4.69) is 25.6 Å². The number of amides is 1. The van der Waals surface area contributed by atoms with E-state index in [0.717, 1.165) is 24.8 Å². The van der Waals surface area contributed by atoms with E-state index in [4.69, 9.17) is 4.74 Å². The molecule has 0 bridgehead atoms. The summed E-state index contributed by atoms with van der Waals surface area (Å²) in [5.74, 6) is 1.23. The van der Waals surface area contributed by atoms with Crippen molar-refractivity contribution in [2.45, 2.75) is 37.0 Å². The number of benzene rings is 1. The van der Waals surface area contributed by atoms with Crippen molar-refractivity contribution in [3.05, 3.63) is 35.7 Å². The molecule has 5 rings (SSSR count). The van der Waals surface area contributed by atoms with Gasteiger partial charge >= 0.3 is 0 Å². The SMILES string of the molecule is Cc1nc2c(Nc3ccc([C@H]4CCOC4)cc3S(C)(=O)=O)cc(NC(=O)C3CC3)nc2[nH]1. The molecule has 3 N–H and O–H groups in total. The molecule has 2 aliphatic rings. The normalized spacial score (nSPS) is 18.8. The Morgan fingerprint density at radius 1 is 1.16 bits per heavy atom. The monoisotopic (exact) mass is 455 g/mol. The van der Waals surface area contributed by atoms with E-state index in [0.29, 0.717) is 47.4 Å². The second-order valence-electron chi connectivity index (χ2n) is 8.55. The molecule has 2 fully saturated rings. The number of rotatable bonds is 6. The second-order valence-corrected chi connectivity index (χ2v) is 10.5. The first-order valence-corrected chi connectivity index (χ1v) is 12.5. The third kappa shape index (κ3) is 4.20. The topological polar surface area (TPSA) is 126 Å². The Hall–Kier alpha value is -2.98. The number of carbonyl (C=O) groups excluding carboxylic acids is 1. The third-order valence-corrected chi connectivity index (χ3v) is 6.98. The van der Waals surface area contributed by atoms with Gasteiger partial charge in [-0.05, 0) is 43.9 Å². The van der Waals surface area contributed by atoms with Gasteiger partial charge in [-0.3, -0.25) is 4.79 Å². The highest BCUT2D eigenvalue weighted by atomic mass is 32.2. The van der Waals surface area contributed by atoms with Crippen LogP contribution >= 0.6 is 0 Å². The van der Waals surface area contributed by atoms with Crippen LogP contribution in [0.25, 0.3) is 11.2 Å². The summed E-state index contributed by atoms with van der Waals surface area (Å²) in [5, 5.41) is 6.08. The number of aryl methyl sites for hydroxylation is 1. The van der Waals surface area contributed by atoms with E-state index in [-0.39, 0.29) is 22.6 Å². The molecule has 0 radical (unpaired) electrons. The highest BCUT2D eigenvalue weighted by Gasteiger charge is 2.30. The number of aromatic nitrogens is 3. The van der Waals surface area contributed by atoms with Crippen LogP contribution < -0.4 is 10.6 Å². The number of anilines is 3. The lowest BCUT2D eigenvalue weighted by Crippen LogP contribution is -2.14. The molecule has 2 aromatic heterocycles. The van der Waals surface area contributed by atoms with Gasteiger partial charge in [-0.25, -0.2) is 18.4 Å². The van der Waals surface area contributed by atoms with E-state index < -0.39 is 9.84 Å². The highest BCUT2D eigenvalue weighted by molar-refractivity contribution is 7.90. The summed E-state index contributed by atoms with van der Waals surface area (Å²) in [4.78, 5) is 24.5. The Balaban J connectivity index is 1.54. The maximum absolute atomic E-state index is 12.6. The van der Waals surface area contributed by atoms with Crippen LogP contribution in [0.2, 0.25) is 0 Å². The fourth-order valence-corrected chi connectivity index (χ4v) is 4.85. The minimum absolute atomic E-state index is 0.0383. The van der Waals surface area contributed by atoms with Crippen LogP contribution in [-0.4, -0.2) is 48.7 Å². The van der Waals surface area contributed by atoms with Crippen LogP contribution in [-0.2, 0) is 19.4 Å². The predicted octanol–water partition coefficient (Wildman–Crippen LogP) is 3.27. The van der Waals surface area contributed by atoms with Gasteiger partial charge < -0.3 is 20.4 Å². The number of hydrogen-bond acceptors (Lipinski definition) is 7. The summed E-state index contributed by atoms with van der Waals surface area (Å²) in [7, 11) is -3.50. The van der Waals surface area contributed by atoms with Gasteiger partial charge in [0.15, 0.2) is 15.5 Å². The van der Waals surface area contributed by atoms with Gasteiger partial charge in [0.25, 0.3) is 0 Å². The van der Waals surface area contributed by atoms with Gasteiger partial charge in [-0.2, -0.15) is 0 Å². The maximum Gasteiger partial charge on any atom is 0.228 e. The van der Waals surface area contributed by atoms with Crippen molar-refractivity contribution in [1.82, 2.24) is 15.0 Å². The molecule has 3 heterocycles. The Labute approximate surface area is 185 Å². The van der Waals surface area contributed by atoms with Gasteiger partial charge in [0, 0.05) is 30.8 Å². The first kappa shape index (κ1) is 20.9. The van der Waals surface area contributed by atoms with Crippen LogP contribution in [0.1, 0.15) is 36.6 Å². The average molecular weight is 456 g/mol. The average Bonchev–Trinajstić information content (AvgIpc) is 3.30. The zero-order chi connectivity index (χ0) is 22.5. The summed E-state index contributed by atoms with van der Waals surface area (Å²) in [6.07, 6.45) is 3.85. The summed E-state index contributed by atoms with van der Waals surface area (Å²) in [6, 6.07) is 7.12. The molecule has 3 aromatic rings. The zero-order valence-electron chi connectivity index (χ0n) is 17.9. The van der Waals surface area contributed by atoms with E-state index in [9.17, 15) is 13.2 Å². The van der Waals surface area contributed by atoms with Crippen molar-refractivity contribution in [2.75, 3.05) is 30.1 Å². The number of ether oxygens (including phenoxy) is 1. The molecule has 1 aliphatic heterocycles. The summed E-state index contributed by atoms with van der Waals surface area (Å²) < 4.78 is 30.7. The van der Waals surface area contributed by atoms with Crippen LogP contribution in [0.5, 0.6) is 0 Å². The molecular formula is C22H25N5O4S. The van der Waals surface area contributed by atoms with Crippen molar-refractivity contribution in [2.24, 2.45) is 5.92 Å². The zero-order valence-corrected chi connectivity index (χ0v) is 18.8. The van der Waals surface area contributed by atoms with Crippen molar-refractivity contribution in [1.29, 1.82) is 0 Å². The number of H-pyrrole nitrogens is 1. The molecule has 0 unspecified atom stereocenters. The van der Waals surface area contributed by atoms with Crippen molar-refractivity contribution < 1.29 is 17.9 Å². The summed E-state index contributed by atoms with van der Waals surface area (Å²) in [6.45, 7) is 3.09. The largest absolute Gasteiger partial charge is 0.381 e. The molecule has 0 spiro atoms. The number of pyridine rings is 1. The maximum atomic E-state index is 12.6. The number of sulfone groups is 1. The molecule has 1 saturated heterocycles. The van der Waals surface area contributed by atoms with E-state index in [1.54, 1.807) is 18.2 Å². The molecule has 168 valence electrons. The van der Waals surface area contributed by atoms with Gasteiger partial charge in [0.1, 0.15) is 17.2 Å². The van der Waals surface area contributed by atoms with E-state index in [1.165, 1.54) is 6.26 Å². The molecule has 1 aromatic carbocycles. The Kier molecular flexibility index (Phi) is 5.13. The fraction of sp³-hybridized carbons (Fsp3) is 0.409. The molecule has 1 aliphatic carbocycles. The minimum atomic E-state index is -3.50. The first-order valence-electron chi connectivity index (χ1n) is 10.6. The molecule has 1 atom stereocenters. The van der Waals surface area contributed by atoms with Crippen LogP contribution in [0, 0.1) is 12.8 Å². The lowest BCUT2D eigenvalue weighted by atomic mass is 9.98. The lowest BCUT2D eigenvalue weighted by molar-refractivity contribution is -0.117. The van der Waals surface area contributed by atoms with Gasteiger partial charge in [0.2, 0.25) is 5.91 Å². The number of imidazole rings is 1. The van der Waals surface area contributed by atoms with Crippen LogP contribution in [0.4, 0.5) is 17.2 Å². The van der Waals surface area contributed by atoms with Crippen molar-refractivity contribution >= 4 is 44.1 Å². The molecule has 32 heavy (non-hydrogen) atoms. The van der Waals surface area contributed by atoms with Gasteiger partial charge in [-0.1, -0.05) is 6.07 Å². The number of aromatic amines is 1. The van der Waals surface area contributed by atoms with Crippen molar-refractivity contribution in [3.63, 3.8) is 0 Å². The quantitative estimate of drug-likeness (QED) is 0.521. The number of nitrogens with one attached hydrogen (secondary N) is 3. The van der Waals surface area contributed by atoms with Crippen LogP contribution in [0.3, 0.4) is 0 Å². The molecule has 1 amide bonds. The number of fused-ring (bicyclic) bond motifs is 1. The summed E-state index contributed by atoms with van der Waals surface area (Å²) >= 11 is 0. The standard InChI is InChI=1S/C22H25N5O4S/c1-12-23-20-17(10-19(26-21(20)24-12)27-22(28)13-3-4-13)25-16-6-5-14(15-7-8-31-11-15)9-18(16)32(2,29)30/h5-6,9-10,13,15H,3-4,7-8,11H2,1-2H3,(H3,23,24,25,26,27,28)/t15-/m0/s1. The molecular weight excluding hydrogens is 430 g/mol. The lowest BCUT2D eigenvalue weighted by Gasteiger charge is -2.16. The Morgan fingerprint density at radius 2 is 1.97 bits per heavy atom. The molecule has 10 heteroatoms. The number of hydrogen-bond donors (Lipinski definition) is 3. The number of carbonyl (C=O) groups is 1. The van der Waals surface area contributed by atoms with E-state index in [1.807, 2.05) is 13.0 Å². The van der Waals surface area contributed by atoms with Crippen LogP contribution in [0.15, 0.2) is 29.2 Å². The first-order chi connectivity index (χ1) is 15.3. The van der Waals surface area contributed by atoms with E-state index >= 15 is 0 Å². The third-order valence-electron chi connectivity index (χ3n) is 5.85. The number of nitrogens with zero attached hydrogens (tertiary/aromatic N) is 2. The minimum Gasteiger partial charge on any atom is -0.381 e. The van der Waals surface area contributed by atoms with Gasteiger partial charge in [0.05, 0.1) is 22.9 Å². The van der Waals surface area contributed by atoms with Crippen molar-refractivity contribution in [3.8, 4) is 0 Å². The predicted molar refractivity (Wildman–Crippen MR) is 121 cm³/mol. The highest BCUT2D eigenvalue weighted by Crippen LogP contribution is 2.35. The second kappa shape index (κ2) is 7.86. The van der Waals surface area contributed by atoms with Gasteiger partial charge in [-0.15, -0.1) is 0 Å². The molecule has 9 nitrogen and oxygen atoms in total. The molecule has 1 saturated carbocycles. The Bertz CT molecular complexity index is 1310. The smallest absolute Gasteiger partial charge is 0.228 e. The fourth-order valence-electron chi connectivity index (χ4n) is 3.98. The summed E-state index contributed by atoms with van der Waals surface area (Å²) in [5.41, 5.74) is 3.04. The Morgan fingerprint density at radius 3 is 2.66 bits per heavy atom.